The fourth-order valence-electron chi connectivity index (χ4n) is 3.45. The van der Waals surface area contributed by atoms with Crippen LogP contribution < -0.4 is 10.6 Å². The van der Waals surface area contributed by atoms with Gasteiger partial charge in [0.05, 0.1) is 12.6 Å². The molecule has 1 aliphatic heterocycles. The number of halogens is 1. The number of nitrogens with zero attached hydrogens (tertiary/aromatic N) is 3. The molecule has 0 bridgehead atoms. The van der Waals surface area contributed by atoms with Crippen molar-refractivity contribution in [2.24, 2.45) is 7.05 Å². The summed E-state index contributed by atoms with van der Waals surface area (Å²) < 4.78 is 2.03. The van der Waals surface area contributed by atoms with E-state index in [1.807, 2.05) is 43.1 Å². The zero-order valence-corrected chi connectivity index (χ0v) is 16.5. The molecule has 6 nitrogen and oxygen atoms in total. The number of hydrogen-bond donors (Lipinski definition) is 2. The summed E-state index contributed by atoms with van der Waals surface area (Å²) in [7, 11) is 2.00. The van der Waals surface area contributed by atoms with Crippen molar-refractivity contribution in [3.05, 3.63) is 47.5 Å². The van der Waals surface area contributed by atoms with Gasteiger partial charge in [-0.15, -0.1) is 12.4 Å². The molecule has 1 saturated heterocycles. The van der Waals surface area contributed by atoms with E-state index in [9.17, 15) is 4.79 Å². The lowest BCUT2D eigenvalue weighted by Crippen LogP contribution is -2.49. The molecule has 7 heteroatoms. The van der Waals surface area contributed by atoms with Crippen LogP contribution in [-0.4, -0.2) is 46.5 Å². The minimum absolute atomic E-state index is 0. The summed E-state index contributed by atoms with van der Waals surface area (Å²) in [4.78, 5) is 19.4. The molecule has 2 heterocycles. The topological polar surface area (TPSA) is 62.2 Å². The predicted octanol–water partition coefficient (Wildman–Crippen LogP) is 2.30. The molecule has 3 rings (SSSR count). The molecule has 1 unspecified atom stereocenters. The fourth-order valence-corrected chi connectivity index (χ4v) is 3.45. The molecule has 2 aromatic rings. The summed E-state index contributed by atoms with van der Waals surface area (Å²) in [6, 6.07) is 6.26. The van der Waals surface area contributed by atoms with Crippen LogP contribution in [0.15, 0.2) is 30.6 Å². The Morgan fingerprint density at radius 3 is 2.92 bits per heavy atom. The normalized spacial score (nSPS) is 17.6. The lowest BCUT2D eigenvalue weighted by atomic mass is 10.1. The zero-order chi connectivity index (χ0) is 17.8. The van der Waals surface area contributed by atoms with E-state index in [-0.39, 0.29) is 24.4 Å². The predicted molar refractivity (Wildman–Crippen MR) is 107 cm³/mol. The molecule has 1 aromatic heterocycles. The van der Waals surface area contributed by atoms with Crippen LogP contribution in [0.3, 0.4) is 0 Å². The van der Waals surface area contributed by atoms with Gasteiger partial charge in [0.25, 0.3) is 0 Å². The van der Waals surface area contributed by atoms with Crippen LogP contribution in [0.5, 0.6) is 0 Å². The van der Waals surface area contributed by atoms with Gasteiger partial charge >= 0.3 is 0 Å². The highest BCUT2D eigenvalue weighted by Gasteiger charge is 2.28. The average Bonchev–Trinajstić information content (AvgIpc) is 3.03. The SMILES string of the molecule is CCc1cccc(C)c1NC(=O)CN1CCNCC1c1nccn1C.Cl. The number of piperazine rings is 1. The van der Waals surface area contributed by atoms with Crippen LogP contribution in [0.2, 0.25) is 0 Å². The number of para-hydroxylation sites is 1. The van der Waals surface area contributed by atoms with Gasteiger partial charge in [0, 0.05) is 44.8 Å². The number of nitrogens with one attached hydrogen (secondary N) is 2. The summed E-state index contributed by atoms with van der Waals surface area (Å²) in [5.41, 5.74) is 3.24. The number of anilines is 1. The number of aryl methyl sites for hydroxylation is 3. The summed E-state index contributed by atoms with van der Waals surface area (Å²) in [6.45, 7) is 7.05. The van der Waals surface area contributed by atoms with Crippen molar-refractivity contribution in [3.63, 3.8) is 0 Å². The van der Waals surface area contributed by atoms with E-state index in [0.29, 0.717) is 6.54 Å². The first kappa shape index (κ1) is 20.4. The van der Waals surface area contributed by atoms with E-state index in [2.05, 4.69) is 33.5 Å². The van der Waals surface area contributed by atoms with E-state index in [1.54, 1.807) is 0 Å². The smallest absolute Gasteiger partial charge is 0.238 e. The van der Waals surface area contributed by atoms with Crippen LogP contribution in [0.4, 0.5) is 5.69 Å². The number of amides is 1. The Morgan fingerprint density at radius 1 is 1.42 bits per heavy atom. The van der Waals surface area contributed by atoms with E-state index < -0.39 is 0 Å². The van der Waals surface area contributed by atoms with Gasteiger partial charge in [0.1, 0.15) is 5.82 Å². The minimum atomic E-state index is 0. The third kappa shape index (κ3) is 4.44. The highest BCUT2D eigenvalue weighted by atomic mass is 35.5. The van der Waals surface area contributed by atoms with Crippen LogP contribution in [0, 0.1) is 6.92 Å². The van der Waals surface area contributed by atoms with Gasteiger partial charge in [-0.1, -0.05) is 25.1 Å². The number of carbonyl (C=O) groups excluding carboxylic acids is 1. The fraction of sp³-hybridized carbons (Fsp3) is 0.474. The summed E-state index contributed by atoms with van der Waals surface area (Å²) in [5.74, 6) is 1.02. The second-order valence-electron chi connectivity index (χ2n) is 6.60. The number of carbonyl (C=O) groups is 1. The van der Waals surface area contributed by atoms with Gasteiger partial charge in [0.2, 0.25) is 5.91 Å². The van der Waals surface area contributed by atoms with Crippen LogP contribution in [-0.2, 0) is 18.3 Å². The summed E-state index contributed by atoms with van der Waals surface area (Å²) >= 11 is 0. The maximum absolute atomic E-state index is 12.7. The van der Waals surface area contributed by atoms with Gasteiger partial charge in [-0.3, -0.25) is 9.69 Å². The average molecular weight is 378 g/mol. The summed E-state index contributed by atoms with van der Waals surface area (Å²) in [5, 5.41) is 6.53. The highest BCUT2D eigenvalue weighted by Crippen LogP contribution is 2.23. The Hall–Kier alpha value is -1.89. The van der Waals surface area contributed by atoms with Gasteiger partial charge < -0.3 is 15.2 Å². The lowest BCUT2D eigenvalue weighted by Gasteiger charge is -2.35. The van der Waals surface area contributed by atoms with Crippen LogP contribution in [0.1, 0.15) is 29.9 Å². The molecule has 1 atom stereocenters. The number of aromatic nitrogens is 2. The van der Waals surface area contributed by atoms with Crippen molar-refractivity contribution >= 4 is 24.0 Å². The minimum Gasteiger partial charge on any atom is -0.337 e. The molecule has 1 fully saturated rings. The van der Waals surface area contributed by atoms with E-state index in [1.165, 1.54) is 5.56 Å². The molecular formula is C19H28ClN5O. The molecule has 1 amide bonds. The highest BCUT2D eigenvalue weighted by molar-refractivity contribution is 5.93. The Balaban J connectivity index is 0.00000243. The van der Waals surface area contributed by atoms with E-state index in [0.717, 1.165) is 43.1 Å². The van der Waals surface area contributed by atoms with E-state index in [4.69, 9.17) is 0 Å². The maximum atomic E-state index is 12.7. The number of hydrogen-bond acceptors (Lipinski definition) is 4. The lowest BCUT2D eigenvalue weighted by molar-refractivity contribution is -0.118. The van der Waals surface area contributed by atoms with Crippen molar-refractivity contribution in [3.8, 4) is 0 Å². The first-order chi connectivity index (χ1) is 12.1. The van der Waals surface area contributed by atoms with Crippen molar-refractivity contribution in [2.45, 2.75) is 26.3 Å². The first-order valence-corrected chi connectivity index (χ1v) is 8.90. The second kappa shape index (κ2) is 9.16. The molecule has 0 radical (unpaired) electrons. The van der Waals surface area contributed by atoms with Crippen molar-refractivity contribution in [1.82, 2.24) is 19.8 Å². The van der Waals surface area contributed by atoms with Gasteiger partial charge in [-0.25, -0.2) is 4.98 Å². The molecule has 0 saturated carbocycles. The summed E-state index contributed by atoms with van der Waals surface area (Å²) in [6.07, 6.45) is 4.66. The molecular weight excluding hydrogens is 350 g/mol. The zero-order valence-electron chi connectivity index (χ0n) is 15.7. The Labute approximate surface area is 161 Å². The van der Waals surface area contributed by atoms with Crippen molar-refractivity contribution < 1.29 is 4.79 Å². The largest absolute Gasteiger partial charge is 0.337 e. The Kier molecular flexibility index (Phi) is 7.20. The first-order valence-electron chi connectivity index (χ1n) is 8.90. The van der Waals surface area contributed by atoms with Gasteiger partial charge in [-0.05, 0) is 24.5 Å². The number of rotatable bonds is 5. The molecule has 142 valence electrons. The van der Waals surface area contributed by atoms with E-state index >= 15 is 0 Å². The van der Waals surface area contributed by atoms with Crippen molar-refractivity contribution in [1.29, 1.82) is 0 Å². The molecule has 0 spiro atoms. The third-order valence-corrected chi connectivity index (χ3v) is 4.86. The van der Waals surface area contributed by atoms with Gasteiger partial charge in [-0.2, -0.15) is 0 Å². The number of imidazole rings is 1. The third-order valence-electron chi connectivity index (χ3n) is 4.86. The quantitative estimate of drug-likeness (QED) is 0.839. The van der Waals surface area contributed by atoms with Crippen LogP contribution >= 0.6 is 12.4 Å². The van der Waals surface area contributed by atoms with Crippen LogP contribution in [0.25, 0.3) is 0 Å². The molecule has 0 aliphatic carbocycles. The van der Waals surface area contributed by atoms with Gasteiger partial charge in [0.15, 0.2) is 0 Å². The second-order valence-corrected chi connectivity index (χ2v) is 6.60. The Bertz CT molecular complexity index is 745. The monoisotopic (exact) mass is 377 g/mol. The van der Waals surface area contributed by atoms with Crippen molar-refractivity contribution in [2.75, 3.05) is 31.5 Å². The molecule has 2 N–H and O–H groups in total. The number of benzene rings is 1. The molecule has 1 aliphatic rings. The maximum Gasteiger partial charge on any atom is 0.238 e. The molecule has 1 aromatic carbocycles. The Morgan fingerprint density at radius 2 is 2.23 bits per heavy atom. The molecule has 26 heavy (non-hydrogen) atoms. The standard InChI is InChI=1S/C19H27N5O.ClH/c1-4-15-7-5-6-14(2)18(15)22-17(25)13-24-11-8-20-12-16(24)19-21-9-10-23(19)3;/h5-7,9-10,16,20H,4,8,11-13H2,1-3H3,(H,22,25);1H.